The van der Waals surface area contributed by atoms with Crippen LogP contribution in [0, 0.1) is 16.4 Å². The molecular weight excluding hydrogens is 496 g/mol. The number of rotatable bonds is 6. The lowest BCUT2D eigenvalue weighted by Crippen LogP contribution is -2.14. The average molecular weight is 512 g/mol. The van der Waals surface area contributed by atoms with Crippen molar-refractivity contribution in [2.45, 2.75) is 4.90 Å². The summed E-state index contributed by atoms with van der Waals surface area (Å²) in [5.74, 6) is -3.81. The third-order valence-electron chi connectivity index (χ3n) is 4.03. The maximum atomic E-state index is 14.0. The first-order valence-corrected chi connectivity index (χ1v) is 11.4. The van der Waals surface area contributed by atoms with Gasteiger partial charge in [-0.15, -0.1) is 0 Å². The van der Waals surface area contributed by atoms with Gasteiger partial charge in [-0.2, -0.15) is 4.39 Å². The van der Waals surface area contributed by atoms with Crippen molar-refractivity contribution in [3.63, 3.8) is 0 Å². The molecule has 1 aromatic heterocycles. The highest BCUT2D eigenvalue weighted by Gasteiger charge is 2.21. The zero-order chi connectivity index (χ0) is 22.8. The lowest BCUT2D eigenvalue weighted by Gasteiger charge is -2.14. The van der Waals surface area contributed by atoms with Gasteiger partial charge in [-0.1, -0.05) is 6.07 Å². The van der Waals surface area contributed by atoms with Crippen LogP contribution in [0.15, 0.2) is 58.0 Å². The molecule has 1 amide bonds. The number of ether oxygens (including phenoxy) is 2. The van der Waals surface area contributed by atoms with Gasteiger partial charge < -0.3 is 14.8 Å². The Morgan fingerprint density at radius 1 is 1.23 bits per heavy atom. The van der Waals surface area contributed by atoms with Gasteiger partial charge in [-0.3, -0.25) is 4.79 Å². The topological polar surface area (TPSA) is 101 Å². The van der Waals surface area contributed by atoms with E-state index in [2.05, 4.69) is 26.2 Å². The van der Waals surface area contributed by atoms with Gasteiger partial charge in [0.05, 0.1) is 16.8 Å². The summed E-state index contributed by atoms with van der Waals surface area (Å²) in [7, 11) is -1.82. The van der Waals surface area contributed by atoms with E-state index < -0.39 is 33.0 Å². The van der Waals surface area contributed by atoms with Crippen molar-refractivity contribution in [1.82, 2.24) is 4.98 Å². The number of pyridine rings is 1. The second-order valence-electron chi connectivity index (χ2n) is 6.33. The summed E-state index contributed by atoms with van der Waals surface area (Å²) in [5.41, 5.74) is 0.287. The monoisotopic (exact) mass is 511 g/mol. The lowest BCUT2D eigenvalue weighted by atomic mass is 10.2. The summed E-state index contributed by atoms with van der Waals surface area (Å²) in [6, 6.07) is 9.52. The van der Waals surface area contributed by atoms with Crippen LogP contribution in [0.3, 0.4) is 0 Å². The summed E-state index contributed by atoms with van der Waals surface area (Å²) in [6.45, 7) is 0. The number of aromatic nitrogens is 1. The Hall–Kier alpha value is -3.05. The number of nitrogens with one attached hydrogen (secondary N) is 2. The number of nitrogens with zero attached hydrogens (tertiary/aromatic N) is 1. The zero-order valence-corrected chi connectivity index (χ0v) is 18.6. The van der Waals surface area contributed by atoms with Crippen LogP contribution in [-0.2, 0) is 9.73 Å². The van der Waals surface area contributed by atoms with E-state index in [1.807, 2.05) is 0 Å². The molecule has 0 radical (unpaired) electrons. The van der Waals surface area contributed by atoms with Gasteiger partial charge in [0.2, 0.25) is 17.4 Å². The molecule has 1 atom stereocenters. The first-order chi connectivity index (χ1) is 14.6. The molecule has 3 rings (SSSR count). The van der Waals surface area contributed by atoms with Crippen molar-refractivity contribution in [3.05, 3.63) is 70.3 Å². The second-order valence-corrected chi connectivity index (χ2v) is 9.40. The highest BCUT2D eigenvalue weighted by atomic mass is 79.9. The molecule has 0 saturated carbocycles. The number of benzene rings is 2. The first kappa shape index (κ1) is 22.6. The minimum absolute atomic E-state index is 0.0188. The van der Waals surface area contributed by atoms with E-state index in [1.165, 1.54) is 30.7 Å². The van der Waals surface area contributed by atoms with Crippen LogP contribution in [-0.4, -0.2) is 28.5 Å². The molecule has 0 bridgehead atoms. The highest BCUT2D eigenvalue weighted by molar-refractivity contribution is 9.10. The fourth-order valence-electron chi connectivity index (χ4n) is 2.57. The smallest absolute Gasteiger partial charge is 0.261 e. The van der Waals surface area contributed by atoms with Crippen molar-refractivity contribution in [2.24, 2.45) is 0 Å². The number of methoxy groups -OCH3 is 1. The molecule has 0 saturated heterocycles. The number of amides is 1. The Bertz CT molecular complexity index is 1270. The summed E-state index contributed by atoms with van der Waals surface area (Å²) < 4.78 is 58.0. The van der Waals surface area contributed by atoms with Gasteiger partial charge in [0.25, 0.3) is 5.91 Å². The summed E-state index contributed by atoms with van der Waals surface area (Å²) in [5, 5.41) is 2.62. The maximum absolute atomic E-state index is 14.0. The Kier molecular flexibility index (Phi) is 6.56. The number of carbonyl (C=O) groups excluding carboxylic acids is 1. The number of hydrogen-bond acceptors (Lipinski definition) is 6. The van der Waals surface area contributed by atoms with Crippen LogP contribution in [0.1, 0.15) is 10.4 Å². The Balaban J connectivity index is 1.96. The normalized spacial score (nSPS) is 12.7. The minimum Gasteiger partial charge on any atom is -0.490 e. The van der Waals surface area contributed by atoms with Gasteiger partial charge in [0.1, 0.15) is 5.56 Å². The molecule has 7 nitrogen and oxygen atoms in total. The molecular formula is C20H16BrF2N3O4S. The van der Waals surface area contributed by atoms with E-state index >= 15 is 0 Å². The van der Waals surface area contributed by atoms with E-state index in [-0.39, 0.29) is 22.1 Å². The Morgan fingerprint density at radius 3 is 2.65 bits per heavy atom. The predicted octanol–water partition coefficient (Wildman–Crippen LogP) is 5.21. The van der Waals surface area contributed by atoms with Crippen LogP contribution in [0.5, 0.6) is 17.4 Å². The van der Waals surface area contributed by atoms with Crippen molar-refractivity contribution in [1.29, 1.82) is 4.78 Å². The van der Waals surface area contributed by atoms with Gasteiger partial charge in [-0.05, 0) is 52.3 Å². The van der Waals surface area contributed by atoms with E-state index in [0.29, 0.717) is 10.2 Å². The molecule has 162 valence electrons. The van der Waals surface area contributed by atoms with Gasteiger partial charge in [0.15, 0.2) is 11.6 Å². The van der Waals surface area contributed by atoms with Crippen molar-refractivity contribution < 1.29 is 27.3 Å². The van der Waals surface area contributed by atoms with Crippen LogP contribution in [0.4, 0.5) is 14.5 Å². The van der Waals surface area contributed by atoms with Crippen LogP contribution < -0.4 is 14.8 Å². The fourth-order valence-corrected chi connectivity index (χ4v) is 3.60. The molecule has 11 heteroatoms. The summed E-state index contributed by atoms with van der Waals surface area (Å²) in [6.07, 6.45) is 2.64. The minimum atomic E-state index is -2.97. The molecule has 3 aromatic rings. The first-order valence-electron chi connectivity index (χ1n) is 8.60. The predicted molar refractivity (Wildman–Crippen MR) is 114 cm³/mol. The molecule has 0 spiro atoms. The summed E-state index contributed by atoms with van der Waals surface area (Å²) in [4.78, 5) is 17.2. The lowest BCUT2D eigenvalue weighted by molar-refractivity contribution is 0.102. The van der Waals surface area contributed by atoms with Crippen LogP contribution in [0.25, 0.3) is 0 Å². The number of hydrogen-bond donors (Lipinski definition) is 2. The molecule has 0 aliphatic heterocycles. The Morgan fingerprint density at radius 2 is 1.97 bits per heavy atom. The zero-order valence-electron chi connectivity index (χ0n) is 16.2. The summed E-state index contributed by atoms with van der Waals surface area (Å²) >= 11 is 3.23. The van der Waals surface area contributed by atoms with Gasteiger partial charge in [-0.25, -0.2) is 18.4 Å². The standard InChI is InChI=1S/C20H16BrF2N3O4S/c1-29-18-16(7-6-15(22)17(18)23)30-20-14(8-11(21)10-25-20)19(27)26-12-4-3-5-13(9-12)31(2,24)28/h3-10,24H,1-2H3,(H,26,27). The molecule has 2 N–H and O–H groups in total. The van der Waals surface area contributed by atoms with Crippen LogP contribution >= 0.6 is 15.9 Å². The van der Waals surface area contributed by atoms with Crippen molar-refractivity contribution >= 4 is 37.3 Å². The molecule has 31 heavy (non-hydrogen) atoms. The fraction of sp³-hybridized carbons (Fsp3) is 0.100. The van der Waals surface area contributed by atoms with Crippen LogP contribution in [0.2, 0.25) is 0 Å². The quantitative estimate of drug-likeness (QED) is 0.472. The number of halogens is 3. The molecule has 0 fully saturated rings. The van der Waals surface area contributed by atoms with E-state index in [4.69, 9.17) is 14.3 Å². The highest BCUT2D eigenvalue weighted by Crippen LogP contribution is 2.36. The largest absolute Gasteiger partial charge is 0.490 e. The second kappa shape index (κ2) is 8.98. The third kappa shape index (κ3) is 5.17. The molecule has 2 aromatic carbocycles. The molecule has 1 heterocycles. The molecule has 1 unspecified atom stereocenters. The van der Waals surface area contributed by atoms with Crippen molar-refractivity contribution in [3.8, 4) is 17.4 Å². The van der Waals surface area contributed by atoms with Gasteiger partial charge >= 0.3 is 0 Å². The third-order valence-corrected chi connectivity index (χ3v) is 5.62. The van der Waals surface area contributed by atoms with E-state index in [0.717, 1.165) is 19.2 Å². The SMILES string of the molecule is COc1c(Oc2ncc(Br)cc2C(=O)Nc2cccc(S(C)(=N)=O)c2)ccc(F)c1F. The number of carbonyl (C=O) groups is 1. The van der Waals surface area contributed by atoms with E-state index in [9.17, 15) is 17.8 Å². The molecule has 0 aliphatic rings. The molecule has 0 aliphatic carbocycles. The maximum Gasteiger partial charge on any atom is 0.261 e. The van der Waals surface area contributed by atoms with Crippen molar-refractivity contribution in [2.75, 3.05) is 18.7 Å². The Labute approximate surface area is 185 Å². The average Bonchev–Trinajstić information content (AvgIpc) is 2.71. The van der Waals surface area contributed by atoms with Gasteiger partial charge in [0, 0.05) is 27.5 Å². The number of anilines is 1. The van der Waals surface area contributed by atoms with E-state index in [1.54, 1.807) is 12.1 Å².